The van der Waals surface area contributed by atoms with Gasteiger partial charge in [-0.15, -0.1) is 0 Å². The average Bonchev–Trinajstić information content (AvgIpc) is 2.38. The third-order valence-electron chi connectivity index (χ3n) is 4.17. The molecule has 2 bridgehead atoms. The lowest BCUT2D eigenvalue weighted by atomic mass is 10.0. The minimum absolute atomic E-state index is 0.0878. The van der Waals surface area contributed by atoms with Gasteiger partial charge in [-0.05, 0) is 5.92 Å². The van der Waals surface area contributed by atoms with Crippen LogP contribution in [0.4, 0.5) is 5.82 Å². The first-order valence-electron chi connectivity index (χ1n) is 6.92. The summed E-state index contributed by atoms with van der Waals surface area (Å²) in [5.41, 5.74) is 6.47. The van der Waals surface area contributed by atoms with Crippen molar-refractivity contribution in [3.05, 3.63) is 21.7 Å². The predicted molar refractivity (Wildman–Crippen MR) is 74.1 cm³/mol. The quantitative estimate of drug-likeness (QED) is 0.794. The number of hydrogen-bond acceptors (Lipinski definition) is 5. The summed E-state index contributed by atoms with van der Waals surface area (Å²) in [6.07, 6.45) is 0. The second kappa shape index (κ2) is 4.61. The predicted octanol–water partition coefficient (Wildman–Crippen LogP) is 0.148. The summed E-state index contributed by atoms with van der Waals surface area (Å²) < 4.78 is 0. The van der Waals surface area contributed by atoms with Crippen LogP contribution in [0.3, 0.4) is 0 Å². The van der Waals surface area contributed by atoms with Gasteiger partial charge in [0.25, 0.3) is 5.56 Å². The zero-order chi connectivity index (χ0) is 13.6. The summed E-state index contributed by atoms with van der Waals surface area (Å²) in [5.74, 6) is 1.19. The van der Waals surface area contributed by atoms with Crippen molar-refractivity contribution >= 4 is 5.82 Å². The monoisotopic (exact) mass is 263 g/mol. The van der Waals surface area contributed by atoms with E-state index in [9.17, 15) is 4.79 Å². The minimum Gasteiger partial charge on any atom is -0.383 e. The molecule has 1 aromatic rings. The van der Waals surface area contributed by atoms with Crippen LogP contribution >= 0.6 is 0 Å². The summed E-state index contributed by atoms with van der Waals surface area (Å²) in [6.45, 7) is 9.16. The highest BCUT2D eigenvalue weighted by Crippen LogP contribution is 2.27. The topological polar surface area (TPSA) is 78.2 Å². The number of aromatic nitrogens is 2. The number of anilines is 1. The smallest absolute Gasteiger partial charge is 0.256 e. The fourth-order valence-electron chi connectivity index (χ4n) is 3.11. The molecule has 6 heteroatoms. The van der Waals surface area contributed by atoms with Crippen LogP contribution in [-0.2, 0) is 0 Å². The Balaban J connectivity index is 1.96. The number of nitrogens with one attached hydrogen (secondary N) is 1. The molecule has 19 heavy (non-hydrogen) atoms. The van der Waals surface area contributed by atoms with E-state index in [1.807, 2.05) is 13.8 Å². The second-order valence-corrected chi connectivity index (χ2v) is 5.76. The van der Waals surface area contributed by atoms with Crippen molar-refractivity contribution in [2.75, 3.05) is 38.5 Å². The van der Waals surface area contributed by atoms with Gasteiger partial charge in [0.1, 0.15) is 11.6 Å². The lowest BCUT2D eigenvalue weighted by Crippen LogP contribution is -2.57. The van der Waals surface area contributed by atoms with E-state index in [1.165, 1.54) is 0 Å². The Morgan fingerprint density at radius 2 is 2.00 bits per heavy atom. The van der Waals surface area contributed by atoms with Gasteiger partial charge in [0.15, 0.2) is 0 Å². The molecule has 0 aliphatic carbocycles. The maximum absolute atomic E-state index is 12.1. The van der Waals surface area contributed by atoms with E-state index in [4.69, 9.17) is 5.73 Å². The van der Waals surface area contributed by atoms with Crippen molar-refractivity contribution in [1.82, 2.24) is 19.8 Å². The molecular weight excluding hydrogens is 242 g/mol. The number of piperazine rings is 3. The highest BCUT2D eigenvalue weighted by atomic mass is 16.1. The van der Waals surface area contributed by atoms with E-state index in [1.54, 1.807) is 0 Å². The fourth-order valence-corrected chi connectivity index (χ4v) is 3.11. The largest absolute Gasteiger partial charge is 0.383 e. The van der Waals surface area contributed by atoms with Crippen molar-refractivity contribution in [1.29, 1.82) is 0 Å². The lowest BCUT2D eigenvalue weighted by molar-refractivity contribution is 0.00859. The van der Waals surface area contributed by atoms with E-state index < -0.39 is 0 Å². The Morgan fingerprint density at radius 1 is 1.32 bits per heavy atom. The highest BCUT2D eigenvalue weighted by molar-refractivity contribution is 5.40. The van der Waals surface area contributed by atoms with Gasteiger partial charge in [0.05, 0.1) is 11.6 Å². The van der Waals surface area contributed by atoms with Gasteiger partial charge in [-0.2, -0.15) is 0 Å². The Kier molecular flexibility index (Phi) is 3.06. The SMILES string of the molecule is CC(C)c1c(N)nc(C2CN3CCN2CC3)[nH]c1=O. The minimum atomic E-state index is -0.0878. The Morgan fingerprint density at radius 3 is 2.47 bits per heavy atom. The van der Waals surface area contributed by atoms with Crippen LogP contribution in [0.2, 0.25) is 0 Å². The van der Waals surface area contributed by atoms with Crippen LogP contribution < -0.4 is 11.3 Å². The molecule has 0 radical (unpaired) electrons. The fraction of sp³-hybridized carbons (Fsp3) is 0.692. The summed E-state index contributed by atoms with van der Waals surface area (Å²) in [6, 6.07) is 0.179. The first-order chi connectivity index (χ1) is 9.06. The van der Waals surface area contributed by atoms with Gasteiger partial charge in [0.2, 0.25) is 0 Å². The molecule has 4 heterocycles. The summed E-state index contributed by atoms with van der Waals surface area (Å²) in [5, 5.41) is 0. The van der Waals surface area contributed by atoms with Gasteiger partial charge in [-0.3, -0.25) is 14.6 Å². The molecule has 0 amide bonds. The molecule has 3 saturated heterocycles. The van der Waals surface area contributed by atoms with E-state index in [-0.39, 0.29) is 17.5 Å². The van der Waals surface area contributed by atoms with E-state index in [0.717, 1.165) is 38.5 Å². The Hall–Kier alpha value is -1.40. The molecule has 3 aliphatic heterocycles. The van der Waals surface area contributed by atoms with Gasteiger partial charge < -0.3 is 10.7 Å². The summed E-state index contributed by atoms with van der Waals surface area (Å²) >= 11 is 0. The third-order valence-corrected chi connectivity index (χ3v) is 4.17. The Labute approximate surface area is 112 Å². The first kappa shape index (κ1) is 12.6. The molecule has 3 N–H and O–H groups in total. The molecule has 0 saturated carbocycles. The molecule has 3 fully saturated rings. The number of nitrogen functional groups attached to an aromatic ring is 1. The van der Waals surface area contributed by atoms with Crippen molar-refractivity contribution < 1.29 is 0 Å². The van der Waals surface area contributed by atoms with Crippen molar-refractivity contribution in [2.45, 2.75) is 25.8 Å². The van der Waals surface area contributed by atoms with Gasteiger partial charge in [-0.25, -0.2) is 4.98 Å². The molecular formula is C13H21N5O. The van der Waals surface area contributed by atoms with E-state index in [0.29, 0.717) is 11.4 Å². The zero-order valence-corrected chi connectivity index (χ0v) is 11.5. The van der Waals surface area contributed by atoms with Crippen molar-refractivity contribution in [2.24, 2.45) is 0 Å². The molecule has 1 unspecified atom stereocenters. The standard InChI is InChI=1S/C13H21N5O/c1-8(2)10-11(14)15-12(16-13(10)19)9-7-17-3-5-18(9)6-4-17/h8-9H,3-7H2,1-2H3,(H3,14,15,16,19). The van der Waals surface area contributed by atoms with Gasteiger partial charge in [-0.1, -0.05) is 13.8 Å². The molecule has 0 spiro atoms. The molecule has 1 aromatic heterocycles. The molecule has 1 atom stereocenters. The van der Waals surface area contributed by atoms with Gasteiger partial charge >= 0.3 is 0 Å². The highest BCUT2D eigenvalue weighted by Gasteiger charge is 2.34. The van der Waals surface area contributed by atoms with Crippen LogP contribution in [0, 0.1) is 0 Å². The van der Waals surface area contributed by atoms with E-state index >= 15 is 0 Å². The molecule has 0 aromatic carbocycles. The maximum atomic E-state index is 12.1. The number of aromatic amines is 1. The summed E-state index contributed by atoms with van der Waals surface area (Å²) in [4.78, 5) is 24.3. The number of rotatable bonds is 2. The van der Waals surface area contributed by atoms with Crippen LogP contribution in [0.25, 0.3) is 0 Å². The third kappa shape index (κ3) is 2.15. The van der Waals surface area contributed by atoms with Crippen LogP contribution in [-0.4, -0.2) is 52.5 Å². The maximum Gasteiger partial charge on any atom is 0.256 e. The van der Waals surface area contributed by atoms with E-state index in [2.05, 4.69) is 19.8 Å². The molecule has 4 rings (SSSR count). The summed E-state index contributed by atoms with van der Waals surface area (Å²) in [7, 11) is 0. The van der Waals surface area contributed by atoms with Crippen LogP contribution in [0.15, 0.2) is 4.79 Å². The number of nitrogens with zero attached hydrogens (tertiary/aromatic N) is 3. The number of nitrogens with two attached hydrogens (primary N) is 1. The zero-order valence-electron chi connectivity index (χ0n) is 11.5. The van der Waals surface area contributed by atoms with Crippen LogP contribution in [0.1, 0.15) is 37.2 Å². The van der Waals surface area contributed by atoms with Crippen molar-refractivity contribution in [3.63, 3.8) is 0 Å². The lowest BCUT2D eigenvalue weighted by Gasteiger charge is -2.46. The van der Waals surface area contributed by atoms with Gasteiger partial charge in [0, 0.05) is 32.7 Å². The molecule has 104 valence electrons. The molecule has 6 nitrogen and oxygen atoms in total. The molecule has 3 aliphatic rings. The van der Waals surface area contributed by atoms with Crippen LogP contribution in [0.5, 0.6) is 0 Å². The number of H-pyrrole nitrogens is 1. The number of hydrogen-bond donors (Lipinski definition) is 2. The van der Waals surface area contributed by atoms with Crippen molar-refractivity contribution in [3.8, 4) is 0 Å². The Bertz CT molecular complexity index is 530. The average molecular weight is 263 g/mol. The first-order valence-corrected chi connectivity index (χ1v) is 6.92. The normalized spacial score (nSPS) is 29.9. The second-order valence-electron chi connectivity index (χ2n) is 5.76. The number of fused-ring (bicyclic) bond motifs is 3.